The summed E-state index contributed by atoms with van der Waals surface area (Å²) in [6, 6.07) is 3.90. The first-order valence-corrected chi connectivity index (χ1v) is 7.19. The van der Waals surface area contributed by atoms with Gasteiger partial charge in [0.05, 0.1) is 11.0 Å². The van der Waals surface area contributed by atoms with E-state index in [0.717, 1.165) is 31.6 Å². The molecule has 0 aromatic heterocycles. The maximum atomic E-state index is 11.1. The zero-order chi connectivity index (χ0) is 15.4. The number of carboxylic acids is 1. The molecule has 114 valence electrons. The maximum absolute atomic E-state index is 11.1. The lowest BCUT2D eigenvalue weighted by Gasteiger charge is -2.28. The van der Waals surface area contributed by atoms with Crippen LogP contribution in [0.25, 0.3) is 0 Å². The molecule has 1 fully saturated rings. The zero-order valence-corrected chi connectivity index (χ0v) is 11.9. The molecule has 1 aliphatic rings. The van der Waals surface area contributed by atoms with Crippen LogP contribution < -0.4 is 4.74 Å². The van der Waals surface area contributed by atoms with E-state index in [1.54, 1.807) is 0 Å². The summed E-state index contributed by atoms with van der Waals surface area (Å²) in [5, 5.41) is 19.8. The third kappa shape index (κ3) is 3.71. The van der Waals surface area contributed by atoms with E-state index < -0.39 is 16.6 Å². The van der Waals surface area contributed by atoms with Crippen molar-refractivity contribution in [3.63, 3.8) is 0 Å². The van der Waals surface area contributed by atoms with Crippen LogP contribution in [-0.2, 0) is 0 Å². The number of nitro benzene ring substituents is 1. The summed E-state index contributed by atoms with van der Waals surface area (Å²) >= 11 is 0. The molecule has 6 nitrogen and oxygen atoms in total. The Hall–Kier alpha value is -2.11. The molecule has 0 spiro atoms. The van der Waals surface area contributed by atoms with Crippen LogP contribution in [-0.4, -0.2) is 22.1 Å². The summed E-state index contributed by atoms with van der Waals surface area (Å²) < 4.78 is 5.79. The highest BCUT2D eigenvalue weighted by atomic mass is 16.6. The van der Waals surface area contributed by atoms with Gasteiger partial charge in [0.25, 0.3) is 5.69 Å². The largest absolute Gasteiger partial charge is 0.490 e. The number of aromatic carboxylic acids is 1. The first-order chi connectivity index (χ1) is 10.0. The smallest absolute Gasteiger partial charge is 0.342 e. The Labute approximate surface area is 122 Å². The summed E-state index contributed by atoms with van der Waals surface area (Å²) in [7, 11) is 0. The van der Waals surface area contributed by atoms with Crippen molar-refractivity contribution in [2.45, 2.75) is 45.1 Å². The van der Waals surface area contributed by atoms with E-state index in [4.69, 9.17) is 9.84 Å². The van der Waals surface area contributed by atoms with Gasteiger partial charge in [-0.1, -0.05) is 13.3 Å². The second-order valence-corrected chi connectivity index (χ2v) is 5.41. The fourth-order valence-electron chi connectivity index (χ4n) is 2.77. The van der Waals surface area contributed by atoms with E-state index in [9.17, 15) is 14.9 Å². The maximum Gasteiger partial charge on any atom is 0.342 e. The molecule has 1 saturated carbocycles. The first kappa shape index (κ1) is 15.3. The summed E-state index contributed by atoms with van der Waals surface area (Å²) in [5.41, 5.74) is -0.746. The Balaban J connectivity index is 2.09. The van der Waals surface area contributed by atoms with Gasteiger partial charge in [0.1, 0.15) is 11.3 Å². The van der Waals surface area contributed by atoms with Gasteiger partial charge in [0, 0.05) is 12.1 Å². The molecule has 6 heteroatoms. The fourth-order valence-corrected chi connectivity index (χ4v) is 2.77. The van der Waals surface area contributed by atoms with Crippen LogP contribution >= 0.6 is 0 Å². The molecule has 1 aromatic carbocycles. The molecule has 0 amide bonds. The SMILES string of the molecule is CCC1CCC(Oc2ccc([N+](=O)[O-])c(C(=O)O)c2)CC1. The highest BCUT2D eigenvalue weighted by Crippen LogP contribution is 2.31. The number of rotatable bonds is 5. The Bertz CT molecular complexity index is 535. The lowest BCUT2D eigenvalue weighted by molar-refractivity contribution is -0.385. The Morgan fingerprint density at radius 2 is 2.05 bits per heavy atom. The van der Waals surface area contributed by atoms with Crippen molar-refractivity contribution in [1.29, 1.82) is 0 Å². The number of carboxylic acid groups (broad SMARTS) is 1. The van der Waals surface area contributed by atoms with Crippen LogP contribution in [0.2, 0.25) is 0 Å². The summed E-state index contributed by atoms with van der Waals surface area (Å²) in [5.74, 6) is -0.184. The molecule has 0 bridgehead atoms. The third-order valence-electron chi connectivity index (χ3n) is 4.07. The number of ether oxygens (including phenoxy) is 1. The monoisotopic (exact) mass is 293 g/mol. The van der Waals surface area contributed by atoms with Gasteiger partial charge < -0.3 is 9.84 Å². The highest BCUT2D eigenvalue weighted by Gasteiger charge is 2.24. The summed E-state index contributed by atoms with van der Waals surface area (Å²) in [4.78, 5) is 21.2. The molecule has 0 unspecified atom stereocenters. The topological polar surface area (TPSA) is 89.7 Å². The number of hydrogen-bond acceptors (Lipinski definition) is 4. The molecule has 1 aliphatic carbocycles. The van der Waals surface area contributed by atoms with Crippen LogP contribution in [0.5, 0.6) is 5.75 Å². The normalized spacial score (nSPS) is 21.8. The fraction of sp³-hybridized carbons (Fsp3) is 0.533. The number of hydrogen-bond donors (Lipinski definition) is 1. The molecule has 2 rings (SSSR count). The van der Waals surface area contributed by atoms with E-state index in [1.165, 1.54) is 24.6 Å². The zero-order valence-electron chi connectivity index (χ0n) is 11.9. The van der Waals surface area contributed by atoms with Crippen LogP contribution in [0.15, 0.2) is 18.2 Å². The van der Waals surface area contributed by atoms with Crippen LogP contribution in [0, 0.1) is 16.0 Å². The molecule has 0 saturated heterocycles. The minimum absolute atomic E-state index is 0.0656. The van der Waals surface area contributed by atoms with Gasteiger partial charge in [-0.2, -0.15) is 0 Å². The van der Waals surface area contributed by atoms with Crippen molar-refractivity contribution in [2.24, 2.45) is 5.92 Å². The molecule has 21 heavy (non-hydrogen) atoms. The summed E-state index contributed by atoms with van der Waals surface area (Å²) in [6.45, 7) is 2.18. The number of nitro groups is 1. The van der Waals surface area contributed by atoms with E-state index in [-0.39, 0.29) is 11.7 Å². The number of nitrogens with zero attached hydrogens (tertiary/aromatic N) is 1. The standard InChI is InChI=1S/C15H19NO5/c1-2-10-3-5-11(6-4-10)21-12-7-8-14(16(19)20)13(9-12)15(17)18/h7-11H,2-6H2,1H3,(H,17,18). The van der Waals surface area contributed by atoms with Crippen LogP contribution in [0.1, 0.15) is 49.4 Å². The van der Waals surface area contributed by atoms with Crippen molar-refractivity contribution in [2.75, 3.05) is 0 Å². The van der Waals surface area contributed by atoms with Gasteiger partial charge >= 0.3 is 5.97 Å². The second-order valence-electron chi connectivity index (χ2n) is 5.41. The third-order valence-corrected chi connectivity index (χ3v) is 4.07. The van der Waals surface area contributed by atoms with E-state index in [1.807, 2.05) is 0 Å². The molecular formula is C15H19NO5. The highest BCUT2D eigenvalue weighted by molar-refractivity contribution is 5.92. The number of carbonyl (C=O) groups is 1. The van der Waals surface area contributed by atoms with Gasteiger partial charge in [-0.3, -0.25) is 10.1 Å². The molecule has 0 heterocycles. The average molecular weight is 293 g/mol. The van der Waals surface area contributed by atoms with Gasteiger partial charge in [-0.25, -0.2) is 4.79 Å². The number of benzene rings is 1. The molecule has 1 N–H and O–H groups in total. The van der Waals surface area contributed by atoms with Crippen molar-refractivity contribution in [3.8, 4) is 5.75 Å². The quantitative estimate of drug-likeness (QED) is 0.661. The van der Waals surface area contributed by atoms with E-state index >= 15 is 0 Å². The van der Waals surface area contributed by atoms with Crippen molar-refractivity contribution < 1.29 is 19.6 Å². The Morgan fingerprint density at radius 1 is 1.38 bits per heavy atom. The van der Waals surface area contributed by atoms with E-state index in [2.05, 4.69) is 6.92 Å². The van der Waals surface area contributed by atoms with Gasteiger partial charge in [0.15, 0.2) is 0 Å². The van der Waals surface area contributed by atoms with Crippen molar-refractivity contribution >= 4 is 11.7 Å². The molecule has 0 radical (unpaired) electrons. The molecule has 0 aliphatic heterocycles. The van der Waals surface area contributed by atoms with Gasteiger partial charge in [-0.15, -0.1) is 0 Å². The average Bonchev–Trinajstić information content (AvgIpc) is 2.47. The molecule has 1 aromatic rings. The second kappa shape index (κ2) is 6.56. The lowest BCUT2D eigenvalue weighted by Crippen LogP contribution is -2.24. The minimum Gasteiger partial charge on any atom is -0.490 e. The molecular weight excluding hydrogens is 274 g/mol. The lowest BCUT2D eigenvalue weighted by atomic mass is 9.86. The van der Waals surface area contributed by atoms with Crippen LogP contribution in [0.3, 0.4) is 0 Å². The first-order valence-electron chi connectivity index (χ1n) is 7.19. The Morgan fingerprint density at radius 3 is 2.57 bits per heavy atom. The van der Waals surface area contributed by atoms with Crippen LogP contribution in [0.4, 0.5) is 5.69 Å². The van der Waals surface area contributed by atoms with E-state index in [0.29, 0.717) is 5.75 Å². The van der Waals surface area contributed by atoms with Crippen molar-refractivity contribution in [1.82, 2.24) is 0 Å². The van der Waals surface area contributed by atoms with Gasteiger partial charge in [-0.05, 0) is 37.7 Å². The Kier molecular flexibility index (Phi) is 4.77. The van der Waals surface area contributed by atoms with Crippen molar-refractivity contribution in [3.05, 3.63) is 33.9 Å². The summed E-state index contributed by atoms with van der Waals surface area (Å²) in [6.07, 6.45) is 5.35. The predicted octanol–water partition coefficient (Wildman–Crippen LogP) is 3.64. The molecule has 0 atom stereocenters. The predicted molar refractivity (Wildman–Crippen MR) is 76.7 cm³/mol. The minimum atomic E-state index is -1.32. The van der Waals surface area contributed by atoms with Gasteiger partial charge in [0.2, 0.25) is 0 Å².